The molecule has 0 aromatic heterocycles. The highest BCUT2D eigenvalue weighted by molar-refractivity contribution is 6.33. The minimum Gasteiger partial charge on any atom is -0.481 e. The molecule has 2 amide bonds. The van der Waals surface area contributed by atoms with Crippen LogP contribution in [0.2, 0.25) is 5.02 Å². The normalized spacial score (nSPS) is 27.7. The summed E-state index contributed by atoms with van der Waals surface area (Å²) in [6.07, 6.45) is 4.40. The number of rotatable bonds is 3. The van der Waals surface area contributed by atoms with Crippen LogP contribution < -0.4 is 10.9 Å². The lowest BCUT2D eigenvalue weighted by Gasteiger charge is -2.23. The third-order valence-electron chi connectivity index (χ3n) is 4.46. The first-order valence-corrected chi connectivity index (χ1v) is 7.62. The quantitative estimate of drug-likeness (QED) is 0.578. The number of benzene rings is 1. The van der Waals surface area contributed by atoms with Crippen LogP contribution in [0, 0.1) is 23.7 Å². The van der Waals surface area contributed by atoms with Gasteiger partial charge in [0, 0.05) is 0 Å². The van der Waals surface area contributed by atoms with Gasteiger partial charge in [-0.1, -0.05) is 35.9 Å². The van der Waals surface area contributed by atoms with E-state index in [-0.39, 0.29) is 22.4 Å². The Bertz CT molecular complexity index is 703. The summed E-state index contributed by atoms with van der Waals surface area (Å²) in [6, 6.07) is 6.45. The standard InChI is InChI=1S/C16H15ClN2O4/c17-11-4-2-1-3-10(11)14(20)18-19-15(21)12-8-5-6-9(7-8)13(12)16(22)23/h1-6,8-9,12-13H,7H2,(H,18,20)(H,19,21)(H,22,23)/t8-,9+,12+,13+/m0/s1. The van der Waals surface area contributed by atoms with E-state index in [0.29, 0.717) is 6.42 Å². The highest BCUT2D eigenvalue weighted by Crippen LogP contribution is 2.48. The van der Waals surface area contributed by atoms with Gasteiger partial charge in [0.1, 0.15) is 0 Å². The molecule has 0 aliphatic heterocycles. The molecule has 1 aromatic rings. The van der Waals surface area contributed by atoms with Crippen LogP contribution in [-0.4, -0.2) is 22.9 Å². The number of allylic oxidation sites excluding steroid dienone is 2. The van der Waals surface area contributed by atoms with Crippen molar-refractivity contribution >= 4 is 29.4 Å². The van der Waals surface area contributed by atoms with E-state index in [0.717, 1.165) is 0 Å². The molecule has 0 heterocycles. The van der Waals surface area contributed by atoms with Gasteiger partial charge in [0.2, 0.25) is 5.91 Å². The molecular formula is C16H15ClN2O4. The predicted molar refractivity (Wildman–Crippen MR) is 82.4 cm³/mol. The largest absolute Gasteiger partial charge is 0.481 e. The molecule has 1 fully saturated rings. The van der Waals surface area contributed by atoms with Crippen molar-refractivity contribution in [1.82, 2.24) is 10.9 Å². The zero-order chi connectivity index (χ0) is 16.6. The molecule has 4 atom stereocenters. The first-order valence-electron chi connectivity index (χ1n) is 7.25. The van der Waals surface area contributed by atoms with E-state index in [1.807, 2.05) is 12.2 Å². The molecule has 1 saturated carbocycles. The Morgan fingerprint density at radius 1 is 1.04 bits per heavy atom. The topological polar surface area (TPSA) is 95.5 Å². The van der Waals surface area contributed by atoms with Crippen LogP contribution in [-0.2, 0) is 9.59 Å². The summed E-state index contributed by atoms with van der Waals surface area (Å²) in [5, 5.41) is 9.60. The number of halogens is 1. The maximum absolute atomic E-state index is 12.3. The van der Waals surface area contributed by atoms with Gasteiger partial charge in [0.15, 0.2) is 0 Å². The summed E-state index contributed by atoms with van der Waals surface area (Å²) >= 11 is 5.92. The fraction of sp³-hybridized carbons (Fsp3) is 0.312. The van der Waals surface area contributed by atoms with Gasteiger partial charge in [-0.15, -0.1) is 0 Å². The Morgan fingerprint density at radius 2 is 1.70 bits per heavy atom. The zero-order valence-corrected chi connectivity index (χ0v) is 12.8. The Labute approximate surface area is 137 Å². The van der Waals surface area contributed by atoms with E-state index >= 15 is 0 Å². The number of nitrogens with one attached hydrogen (secondary N) is 2. The second-order valence-electron chi connectivity index (χ2n) is 5.76. The number of hydrazine groups is 1. The molecule has 120 valence electrons. The molecular weight excluding hydrogens is 320 g/mol. The second-order valence-corrected chi connectivity index (χ2v) is 6.17. The Balaban J connectivity index is 1.66. The fourth-order valence-corrected chi connectivity index (χ4v) is 3.65. The highest BCUT2D eigenvalue weighted by Gasteiger charge is 2.51. The average molecular weight is 335 g/mol. The molecule has 0 spiro atoms. The van der Waals surface area contributed by atoms with E-state index < -0.39 is 29.6 Å². The van der Waals surface area contributed by atoms with Crippen molar-refractivity contribution in [2.24, 2.45) is 23.7 Å². The highest BCUT2D eigenvalue weighted by atomic mass is 35.5. The van der Waals surface area contributed by atoms with E-state index in [1.54, 1.807) is 18.2 Å². The van der Waals surface area contributed by atoms with Gasteiger partial charge in [0.05, 0.1) is 22.4 Å². The van der Waals surface area contributed by atoms with Crippen LogP contribution in [0.25, 0.3) is 0 Å². The summed E-state index contributed by atoms with van der Waals surface area (Å²) in [5.74, 6) is -3.66. The molecule has 0 unspecified atom stereocenters. The van der Waals surface area contributed by atoms with Crippen LogP contribution in [0.1, 0.15) is 16.8 Å². The van der Waals surface area contributed by atoms with Crippen molar-refractivity contribution in [2.75, 3.05) is 0 Å². The van der Waals surface area contributed by atoms with Crippen molar-refractivity contribution in [1.29, 1.82) is 0 Å². The predicted octanol–water partition coefficient (Wildman–Crippen LogP) is 1.62. The Kier molecular flexibility index (Phi) is 4.09. The number of carbonyl (C=O) groups excluding carboxylic acids is 2. The number of aliphatic carboxylic acids is 1. The van der Waals surface area contributed by atoms with Gasteiger partial charge < -0.3 is 5.11 Å². The molecule has 23 heavy (non-hydrogen) atoms. The lowest BCUT2D eigenvalue weighted by atomic mass is 9.82. The van der Waals surface area contributed by atoms with Crippen LogP contribution in [0.4, 0.5) is 0 Å². The van der Waals surface area contributed by atoms with Gasteiger partial charge in [-0.2, -0.15) is 0 Å². The van der Waals surface area contributed by atoms with E-state index in [9.17, 15) is 19.5 Å². The first kappa shape index (κ1) is 15.6. The monoisotopic (exact) mass is 334 g/mol. The molecule has 0 saturated heterocycles. The van der Waals surface area contributed by atoms with Crippen molar-refractivity contribution in [3.8, 4) is 0 Å². The molecule has 3 N–H and O–H groups in total. The van der Waals surface area contributed by atoms with Gasteiger partial charge >= 0.3 is 5.97 Å². The number of hydrogen-bond donors (Lipinski definition) is 3. The van der Waals surface area contributed by atoms with Crippen LogP contribution >= 0.6 is 11.6 Å². The summed E-state index contributed by atoms with van der Waals surface area (Å²) < 4.78 is 0. The van der Waals surface area contributed by atoms with E-state index in [1.165, 1.54) is 6.07 Å². The van der Waals surface area contributed by atoms with Crippen molar-refractivity contribution in [3.63, 3.8) is 0 Å². The third-order valence-corrected chi connectivity index (χ3v) is 4.79. The molecule has 7 heteroatoms. The number of carboxylic acid groups (broad SMARTS) is 1. The molecule has 3 rings (SSSR count). The van der Waals surface area contributed by atoms with E-state index in [4.69, 9.17) is 11.6 Å². The Hall–Kier alpha value is -2.34. The SMILES string of the molecule is O=C(NNC(=O)[C@H]1[C@H](C(=O)O)[C@@H]2C=C[C@H]1C2)c1ccccc1Cl. The lowest BCUT2D eigenvalue weighted by Crippen LogP contribution is -2.48. The summed E-state index contributed by atoms with van der Waals surface area (Å²) in [7, 11) is 0. The van der Waals surface area contributed by atoms with Crippen LogP contribution in [0.3, 0.4) is 0 Å². The van der Waals surface area contributed by atoms with Crippen LogP contribution in [0.5, 0.6) is 0 Å². The summed E-state index contributed by atoms with van der Waals surface area (Å²) in [4.78, 5) is 35.7. The maximum Gasteiger partial charge on any atom is 0.307 e. The summed E-state index contributed by atoms with van der Waals surface area (Å²) in [5.41, 5.74) is 4.85. The molecule has 2 bridgehead atoms. The maximum atomic E-state index is 12.3. The van der Waals surface area contributed by atoms with Gasteiger partial charge in [-0.3, -0.25) is 25.2 Å². The van der Waals surface area contributed by atoms with Crippen molar-refractivity contribution in [2.45, 2.75) is 6.42 Å². The zero-order valence-electron chi connectivity index (χ0n) is 12.0. The average Bonchev–Trinajstić information content (AvgIpc) is 3.13. The van der Waals surface area contributed by atoms with Gasteiger partial charge in [-0.25, -0.2) is 0 Å². The smallest absolute Gasteiger partial charge is 0.307 e. The van der Waals surface area contributed by atoms with Gasteiger partial charge in [0.25, 0.3) is 5.91 Å². The molecule has 2 aliphatic carbocycles. The van der Waals surface area contributed by atoms with Crippen molar-refractivity contribution in [3.05, 3.63) is 47.0 Å². The number of carbonyl (C=O) groups is 3. The minimum atomic E-state index is -0.987. The molecule has 0 radical (unpaired) electrons. The fourth-order valence-electron chi connectivity index (χ4n) is 3.43. The lowest BCUT2D eigenvalue weighted by molar-refractivity contribution is -0.148. The number of amides is 2. The van der Waals surface area contributed by atoms with Gasteiger partial charge in [-0.05, 0) is 30.4 Å². The number of hydrogen-bond acceptors (Lipinski definition) is 3. The third kappa shape index (κ3) is 2.82. The molecule has 1 aromatic carbocycles. The molecule has 6 nitrogen and oxygen atoms in total. The van der Waals surface area contributed by atoms with E-state index in [2.05, 4.69) is 10.9 Å². The number of carboxylic acids is 1. The first-order chi connectivity index (χ1) is 11.0. The number of fused-ring (bicyclic) bond motifs is 2. The van der Waals surface area contributed by atoms with Crippen molar-refractivity contribution < 1.29 is 19.5 Å². The molecule has 2 aliphatic rings. The summed E-state index contributed by atoms with van der Waals surface area (Å²) in [6.45, 7) is 0. The minimum absolute atomic E-state index is 0.0988. The second kappa shape index (κ2) is 6.04. The Morgan fingerprint density at radius 3 is 2.35 bits per heavy atom. The van der Waals surface area contributed by atoms with Crippen LogP contribution in [0.15, 0.2) is 36.4 Å².